The van der Waals surface area contributed by atoms with E-state index >= 15 is 0 Å². The van der Waals surface area contributed by atoms with Crippen LogP contribution in [0.5, 0.6) is 0 Å². The van der Waals surface area contributed by atoms with Crippen LogP contribution in [0.4, 0.5) is 0 Å². The van der Waals surface area contributed by atoms with Crippen LogP contribution in [-0.4, -0.2) is 6.04 Å². The van der Waals surface area contributed by atoms with Crippen LogP contribution in [0, 0.1) is 0 Å². The van der Waals surface area contributed by atoms with Gasteiger partial charge in [-0.2, -0.15) is 0 Å². The van der Waals surface area contributed by atoms with Crippen molar-refractivity contribution in [2.75, 3.05) is 0 Å². The molecule has 2 N–H and O–H groups in total. The Kier molecular flexibility index (Phi) is 6.62. The van der Waals surface area contributed by atoms with Gasteiger partial charge in [-0.05, 0) is 54.3 Å². The quantitative estimate of drug-likeness (QED) is 0.649. The maximum atomic E-state index is 6.11. The Hall–Kier alpha value is -0.480. The lowest BCUT2D eigenvalue weighted by Crippen LogP contribution is -2.21. The predicted octanol–water partition coefficient (Wildman–Crippen LogP) is 5.67. The van der Waals surface area contributed by atoms with Crippen molar-refractivity contribution < 1.29 is 0 Å². The summed E-state index contributed by atoms with van der Waals surface area (Å²) in [5, 5.41) is 0.780. The molecule has 0 heterocycles. The van der Waals surface area contributed by atoms with Gasteiger partial charge in [0.15, 0.2) is 0 Å². The van der Waals surface area contributed by atoms with Crippen LogP contribution in [0.1, 0.15) is 24.5 Å². The normalized spacial score (nSPS) is 12.4. The van der Waals surface area contributed by atoms with Crippen molar-refractivity contribution in [3.8, 4) is 0 Å². The average molecular weight is 385 g/mol. The molecule has 2 rings (SSSR count). The summed E-state index contributed by atoms with van der Waals surface area (Å²) >= 11 is 11.3. The molecule has 2 aromatic carbocycles. The van der Waals surface area contributed by atoms with Crippen LogP contribution in [0.3, 0.4) is 0 Å². The third kappa shape index (κ3) is 5.33. The van der Waals surface area contributed by atoms with Crippen LogP contribution in [0.2, 0.25) is 5.02 Å². The lowest BCUT2D eigenvalue weighted by atomic mass is 10.1. The maximum Gasteiger partial charge on any atom is 0.0406 e. The minimum absolute atomic E-state index is 0.217. The van der Waals surface area contributed by atoms with Crippen LogP contribution in [-0.2, 0) is 12.2 Å². The van der Waals surface area contributed by atoms with E-state index in [0.29, 0.717) is 0 Å². The van der Waals surface area contributed by atoms with Crippen molar-refractivity contribution in [3.05, 3.63) is 63.1 Å². The highest BCUT2D eigenvalue weighted by atomic mass is 79.9. The van der Waals surface area contributed by atoms with Gasteiger partial charge in [0, 0.05) is 26.2 Å². The van der Waals surface area contributed by atoms with Gasteiger partial charge in [0.05, 0.1) is 0 Å². The first kappa shape index (κ1) is 16.9. The summed E-state index contributed by atoms with van der Waals surface area (Å²) < 4.78 is 1.11. The van der Waals surface area contributed by atoms with E-state index in [2.05, 4.69) is 53.2 Å². The second-order valence-corrected chi connectivity index (χ2v) is 7.41. The molecular weight excluding hydrogens is 366 g/mol. The molecule has 0 saturated heterocycles. The van der Waals surface area contributed by atoms with E-state index in [1.54, 1.807) is 0 Å². The molecule has 0 aliphatic heterocycles. The SMILES string of the molecule is CCC(N)Cc1cc(Br)ccc1SCc1ccc(Cl)cc1. The summed E-state index contributed by atoms with van der Waals surface area (Å²) in [4.78, 5) is 1.30. The van der Waals surface area contributed by atoms with E-state index in [0.717, 1.165) is 28.1 Å². The molecule has 0 radical (unpaired) electrons. The van der Waals surface area contributed by atoms with Crippen LogP contribution >= 0.6 is 39.3 Å². The molecule has 21 heavy (non-hydrogen) atoms. The highest BCUT2D eigenvalue weighted by molar-refractivity contribution is 9.10. The lowest BCUT2D eigenvalue weighted by Gasteiger charge is -2.14. The van der Waals surface area contributed by atoms with Crippen molar-refractivity contribution >= 4 is 39.3 Å². The van der Waals surface area contributed by atoms with Gasteiger partial charge in [-0.1, -0.05) is 46.6 Å². The number of rotatable bonds is 6. The third-order valence-electron chi connectivity index (χ3n) is 3.34. The summed E-state index contributed by atoms with van der Waals surface area (Å²) in [6, 6.07) is 14.7. The number of benzene rings is 2. The molecule has 0 bridgehead atoms. The molecule has 0 spiro atoms. The average Bonchev–Trinajstić information content (AvgIpc) is 2.48. The van der Waals surface area contributed by atoms with Gasteiger partial charge in [0.2, 0.25) is 0 Å². The number of nitrogens with two attached hydrogens (primary N) is 1. The van der Waals surface area contributed by atoms with Gasteiger partial charge in [-0.15, -0.1) is 11.8 Å². The first-order chi connectivity index (χ1) is 10.1. The van der Waals surface area contributed by atoms with Crippen molar-refractivity contribution in [2.45, 2.75) is 36.5 Å². The molecule has 1 nitrogen and oxygen atoms in total. The van der Waals surface area contributed by atoms with E-state index in [9.17, 15) is 0 Å². The monoisotopic (exact) mass is 383 g/mol. The van der Waals surface area contributed by atoms with E-state index in [-0.39, 0.29) is 6.04 Å². The zero-order chi connectivity index (χ0) is 15.2. The molecule has 4 heteroatoms. The van der Waals surface area contributed by atoms with Gasteiger partial charge < -0.3 is 5.73 Å². The number of hydrogen-bond acceptors (Lipinski definition) is 2. The molecule has 0 saturated carbocycles. The fourth-order valence-corrected chi connectivity index (χ4v) is 3.56. The first-order valence-corrected chi connectivity index (χ1v) is 9.15. The first-order valence-electron chi connectivity index (χ1n) is 6.99. The fourth-order valence-electron chi connectivity index (χ4n) is 2.02. The molecular formula is C17H19BrClNS. The highest BCUT2D eigenvalue weighted by Gasteiger charge is 2.08. The topological polar surface area (TPSA) is 26.0 Å². The number of thioether (sulfide) groups is 1. The molecule has 0 aliphatic carbocycles. The minimum atomic E-state index is 0.217. The van der Waals surface area contributed by atoms with Gasteiger partial charge >= 0.3 is 0 Å². The zero-order valence-corrected chi connectivity index (χ0v) is 15.1. The zero-order valence-electron chi connectivity index (χ0n) is 12.0. The van der Waals surface area contributed by atoms with E-state index in [1.807, 2.05) is 23.9 Å². The molecule has 2 aromatic rings. The molecule has 0 amide bonds. The predicted molar refractivity (Wildman–Crippen MR) is 97.1 cm³/mol. The Balaban J connectivity index is 2.09. The second kappa shape index (κ2) is 8.23. The second-order valence-electron chi connectivity index (χ2n) is 5.04. The Labute approximate surface area is 144 Å². The lowest BCUT2D eigenvalue weighted by molar-refractivity contribution is 0.641. The Morgan fingerprint density at radius 3 is 2.57 bits per heavy atom. The van der Waals surface area contributed by atoms with Gasteiger partial charge in [-0.25, -0.2) is 0 Å². The molecule has 0 aromatic heterocycles. The van der Waals surface area contributed by atoms with Crippen LogP contribution < -0.4 is 5.73 Å². The van der Waals surface area contributed by atoms with E-state index < -0.39 is 0 Å². The summed E-state index contributed by atoms with van der Waals surface area (Å²) in [5.74, 6) is 0.938. The Bertz CT molecular complexity index is 586. The van der Waals surface area contributed by atoms with Crippen molar-refractivity contribution in [1.82, 2.24) is 0 Å². The van der Waals surface area contributed by atoms with Crippen LogP contribution in [0.25, 0.3) is 0 Å². The van der Waals surface area contributed by atoms with Crippen LogP contribution in [0.15, 0.2) is 51.8 Å². The van der Waals surface area contributed by atoms with Gasteiger partial charge in [0.1, 0.15) is 0 Å². The Morgan fingerprint density at radius 2 is 1.90 bits per heavy atom. The van der Waals surface area contributed by atoms with Gasteiger partial charge in [0.25, 0.3) is 0 Å². The van der Waals surface area contributed by atoms with Gasteiger partial charge in [-0.3, -0.25) is 0 Å². The summed E-state index contributed by atoms with van der Waals surface area (Å²) in [7, 11) is 0. The standard InChI is InChI=1S/C17H19BrClNS/c1-2-16(20)10-13-9-14(18)5-8-17(13)21-11-12-3-6-15(19)7-4-12/h3-9,16H,2,10-11,20H2,1H3. The maximum absolute atomic E-state index is 6.11. The number of hydrogen-bond donors (Lipinski definition) is 1. The molecule has 1 atom stereocenters. The van der Waals surface area contributed by atoms with E-state index in [4.69, 9.17) is 17.3 Å². The number of halogens is 2. The largest absolute Gasteiger partial charge is 0.327 e. The third-order valence-corrected chi connectivity index (χ3v) is 5.27. The molecule has 1 unspecified atom stereocenters. The van der Waals surface area contributed by atoms with Crippen molar-refractivity contribution in [3.63, 3.8) is 0 Å². The summed E-state index contributed by atoms with van der Waals surface area (Å²) in [5.41, 5.74) is 8.70. The van der Waals surface area contributed by atoms with E-state index in [1.165, 1.54) is 16.0 Å². The molecule has 112 valence electrons. The fraction of sp³-hybridized carbons (Fsp3) is 0.294. The molecule has 0 fully saturated rings. The Morgan fingerprint density at radius 1 is 1.19 bits per heavy atom. The summed E-state index contributed by atoms with van der Waals surface area (Å²) in [6.45, 7) is 2.13. The summed E-state index contributed by atoms with van der Waals surface area (Å²) in [6.07, 6.45) is 1.91. The van der Waals surface area contributed by atoms with Crippen molar-refractivity contribution in [1.29, 1.82) is 0 Å². The smallest absolute Gasteiger partial charge is 0.0406 e. The van der Waals surface area contributed by atoms with Crippen molar-refractivity contribution in [2.24, 2.45) is 5.73 Å². The molecule has 0 aliphatic rings. The highest BCUT2D eigenvalue weighted by Crippen LogP contribution is 2.30. The minimum Gasteiger partial charge on any atom is -0.327 e.